The molecule has 2 aromatic rings. The van der Waals surface area contributed by atoms with Crippen LogP contribution in [0.3, 0.4) is 0 Å². The summed E-state index contributed by atoms with van der Waals surface area (Å²) in [6.45, 7) is 0. The van der Waals surface area contributed by atoms with Crippen LogP contribution in [0.5, 0.6) is 0 Å². The van der Waals surface area contributed by atoms with Crippen LogP contribution in [-0.4, -0.2) is 21.5 Å². The average Bonchev–Trinajstić information content (AvgIpc) is 2.49. The maximum atomic E-state index is 10.5. The zero-order valence-corrected chi connectivity index (χ0v) is 6.67. The summed E-state index contributed by atoms with van der Waals surface area (Å²) in [5, 5.41) is 8.45. The third-order valence-corrected chi connectivity index (χ3v) is 1.87. The molecular weight excluding hydrogens is 178 g/mol. The molecule has 0 aliphatic rings. The number of aldehydes is 1. The first-order valence-corrected chi connectivity index (χ1v) is 3.64. The van der Waals surface area contributed by atoms with E-state index in [2.05, 4.69) is 15.2 Å². The van der Waals surface area contributed by atoms with E-state index in [1.165, 1.54) is 6.20 Å². The highest BCUT2D eigenvalue weighted by Gasteiger charge is 2.07. The minimum absolute atomic E-state index is 0.434. The minimum Gasteiger partial charge on any atom is -0.344 e. The summed E-state index contributed by atoms with van der Waals surface area (Å²) in [5.41, 5.74) is 1.04. The van der Waals surface area contributed by atoms with Crippen molar-refractivity contribution in [1.29, 1.82) is 0 Å². The lowest BCUT2D eigenvalue weighted by Gasteiger charge is -1.90. The maximum absolute atomic E-state index is 10.5. The molecule has 0 saturated heterocycles. The lowest BCUT2D eigenvalue weighted by Crippen LogP contribution is -1.83. The summed E-state index contributed by atoms with van der Waals surface area (Å²) in [6.07, 6.45) is 3.69. The third-order valence-electron chi connectivity index (χ3n) is 1.58. The highest BCUT2D eigenvalue weighted by atomic mass is 35.5. The first kappa shape index (κ1) is 7.24. The standard InChI is InChI=1S/C7H4ClN3O/c8-5-2-10-11-7-6(5)4(3-12)1-9-7/h1-3H,(H,9,11). The van der Waals surface area contributed by atoms with E-state index >= 15 is 0 Å². The molecule has 2 aromatic heterocycles. The predicted octanol–water partition coefficient (Wildman–Crippen LogP) is 1.42. The Kier molecular flexibility index (Phi) is 1.55. The van der Waals surface area contributed by atoms with Crippen molar-refractivity contribution in [2.24, 2.45) is 0 Å². The first-order valence-electron chi connectivity index (χ1n) is 3.26. The van der Waals surface area contributed by atoms with Crippen LogP contribution in [0.15, 0.2) is 12.4 Å². The van der Waals surface area contributed by atoms with Gasteiger partial charge in [-0.15, -0.1) is 5.10 Å². The van der Waals surface area contributed by atoms with Gasteiger partial charge in [0.15, 0.2) is 11.9 Å². The van der Waals surface area contributed by atoms with Gasteiger partial charge < -0.3 is 4.98 Å². The number of halogens is 1. The monoisotopic (exact) mass is 181 g/mol. The molecule has 0 spiro atoms. The van der Waals surface area contributed by atoms with Crippen molar-refractivity contribution in [2.45, 2.75) is 0 Å². The summed E-state index contributed by atoms with van der Waals surface area (Å²) in [4.78, 5) is 13.3. The molecule has 0 radical (unpaired) electrons. The quantitative estimate of drug-likeness (QED) is 0.677. The third kappa shape index (κ3) is 0.887. The number of fused-ring (bicyclic) bond motifs is 1. The molecule has 4 nitrogen and oxygen atoms in total. The normalized spacial score (nSPS) is 10.4. The van der Waals surface area contributed by atoms with Crippen LogP contribution < -0.4 is 0 Å². The van der Waals surface area contributed by atoms with Crippen molar-refractivity contribution in [3.05, 3.63) is 23.0 Å². The Balaban J connectivity index is 2.91. The molecule has 0 amide bonds. The van der Waals surface area contributed by atoms with E-state index in [1.807, 2.05) is 0 Å². The van der Waals surface area contributed by atoms with Gasteiger partial charge in [0.1, 0.15) is 0 Å². The molecule has 0 aromatic carbocycles. The van der Waals surface area contributed by atoms with E-state index in [1.54, 1.807) is 6.20 Å². The van der Waals surface area contributed by atoms with Crippen molar-refractivity contribution in [3.63, 3.8) is 0 Å². The topological polar surface area (TPSA) is 58.6 Å². The molecule has 2 heterocycles. The fourth-order valence-electron chi connectivity index (χ4n) is 1.05. The molecule has 1 N–H and O–H groups in total. The summed E-state index contributed by atoms with van der Waals surface area (Å²) >= 11 is 5.80. The SMILES string of the molecule is O=Cc1c[nH]c2nncc(Cl)c12. The van der Waals surface area contributed by atoms with Gasteiger partial charge in [-0.2, -0.15) is 5.10 Å². The second-order valence-electron chi connectivity index (χ2n) is 2.28. The number of rotatable bonds is 1. The Morgan fingerprint density at radius 3 is 3.17 bits per heavy atom. The van der Waals surface area contributed by atoms with Crippen molar-refractivity contribution >= 4 is 28.9 Å². The van der Waals surface area contributed by atoms with E-state index in [4.69, 9.17) is 11.6 Å². The fraction of sp³-hybridized carbons (Fsp3) is 0. The van der Waals surface area contributed by atoms with Crippen molar-refractivity contribution < 1.29 is 4.79 Å². The molecule has 0 atom stereocenters. The van der Waals surface area contributed by atoms with Gasteiger partial charge in [0.05, 0.1) is 16.6 Å². The number of aromatic amines is 1. The maximum Gasteiger partial charge on any atom is 0.162 e. The second-order valence-corrected chi connectivity index (χ2v) is 2.69. The highest BCUT2D eigenvalue weighted by molar-refractivity contribution is 6.36. The molecule has 60 valence electrons. The van der Waals surface area contributed by atoms with Crippen LogP contribution in [0.25, 0.3) is 11.0 Å². The van der Waals surface area contributed by atoms with Gasteiger partial charge >= 0.3 is 0 Å². The smallest absolute Gasteiger partial charge is 0.162 e. The molecule has 0 aliphatic heterocycles. The second kappa shape index (κ2) is 2.57. The number of aromatic nitrogens is 3. The van der Waals surface area contributed by atoms with E-state index in [0.29, 0.717) is 21.6 Å². The van der Waals surface area contributed by atoms with Crippen molar-refractivity contribution in [3.8, 4) is 0 Å². The molecule has 0 aliphatic carbocycles. The number of nitrogens with one attached hydrogen (secondary N) is 1. The minimum atomic E-state index is 0.434. The molecule has 12 heavy (non-hydrogen) atoms. The summed E-state index contributed by atoms with van der Waals surface area (Å²) in [7, 11) is 0. The summed E-state index contributed by atoms with van der Waals surface area (Å²) in [6, 6.07) is 0. The number of hydrogen-bond donors (Lipinski definition) is 1. The van der Waals surface area contributed by atoms with E-state index in [-0.39, 0.29) is 0 Å². The van der Waals surface area contributed by atoms with Gasteiger partial charge in [0.25, 0.3) is 0 Å². The molecule has 0 bridgehead atoms. The highest BCUT2D eigenvalue weighted by Crippen LogP contribution is 2.22. The van der Waals surface area contributed by atoms with Crippen LogP contribution >= 0.6 is 11.6 Å². The first-order chi connectivity index (χ1) is 5.83. The summed E-state index contributed by atoms with van der Waals surface area (Å²) < 4.78 is 0. The van der Waals surface area contributed by atoms with Gasteiger partial charge in [-0.3, -0.25) is 4.79 Å². The molecule has 0 unspecified atom stereocenters. The zero-order valence-electron chi connectivity index (χ0n) is 5.91. The molecule has 0 saturated carbocycles. The molecule has 5 heteroatoms. The van der Waals surface area contributed by atoms with E-state index in [9.17, 15) is 4.79 Å². The lowest BCUT2D eigenvalue weighted by atomic mass is 10.2. The van der Waals surface area contributed by atoms with Crippen LogP contribution in [-0.2, 0) is 0 Å². The lowest BCUT2D eigenvalue weighted by molar-refractivity contribution is 0.112. The summed E-state index contributed by atoms with van der Waals surface area (Å²) in [5.74, 6) is 0. The number of carbonyl (C=O) groups excluding carboxylic acids is 1. The Bertz CT molecular complexity index is 437. The predicted molar refractivity (Wildman–Crippen MR) is 44.3 cm³/mol. The van der Waals surface area contributed by atoms with E-state index < -0.39 is 0 Å². The van der Waals surface area contributed by atoms with Gasteiger partial charge in [0, 0.05) is 11.8 Å². The van der Waals surface area contributed by atoms with E-state index in [0.717, 1.165) is 6.29 Å². The number of hydrogen-bond acceptors (Lipinski definition) is 3. The molecular formula is C7H4ClN3O. The van der Waals surface area contributed by atoms with Crippen LogP contribution in [0.4, 0.5) is 0 Å². The fourth-order valence-corrected chi connectivity index (χ4v) is 1.29. The zero-order chi connectivity index (χ0) is 8.55. The Labute approximate surface area is 72.6 Å². The van der Waals surface area contributed by atoms with Crippen LogP contribution in [0.2, 0.25) is 5.02 Å². The molecule has 2 rings (SSSR count). The van der Waals surface area contributed by atoms with Gasteiger partial charge in [-0.25, -0.2) is 0 Å². The largest absolute Gasteiger partial charge is 0.344 e. The van der Waals surface area contributed by atoms with Crippen LogP contribution in [0.1, 0.15) is 10.4 Å². The van der Waals surface area contributed by atoms with Gasteiger partial charge in [-0.1, -0.05) is 11.6 Å². The Morgan fingerprint density at radius 1 is 1.58 bits per heavy atom. The Morgan fingerprint density at radius 2 is 2.42 bits per heavy atom. The number of nitrogens with zero attached hydrogens (tertiary/aromatic N) is 2. The van der Waals surface area contributed by atoms with Crippen molar-refractivity contribution in [1.82, 2.24) is 15.2 Å². The van der Waals surface area contributed by atoms with Gasteiger partial charge in [-0.05, 0) is 0 Å². The van der Waals surface area contributed by atoms with Crippen molar-refractivity contribution in [2.75, 3.05) is 0 Å². The average molecular weight is 182 g/mol. The number of H-pyrrole nitrogens is 1. The number of carbonyl (C=O) groups is 1. The van der Waals surface area contributed by atoms with Gasteiger partial charge in [0.2, 0.25) is 0 Å². The Hall–Kier alpha value is -1.42. The van der Waals surface area contributed by atoms with Crippen LogP contribution in [0, 0.1) is 0 Å². The molecule has 0 fully saturated rings.